The van der Waals surface area contributed by atoms with Crippen LogP contribution in [0.15, 0.2) is 24.4 Å². The zero-order valence-corrected chi connectivity index (χ0v) is 10.2. The number of pyridine rings is 1. The van der Waals surface area contributed by atoms with Gasteiger partial charge in [0.25, 0.3) is 0 Å². The van der Waals surface area contributed by atoms with Gasteiger partial charge in [0.1, 0.15) is 0 Å². The Morgan fingerprint density at radius 2 is 2.31 bits per heavy atom. The van der Waals surface area contributed by atoms with Gasteiger partial charge in [-0.2, -0.15) is 0 Å². The van der Waals surface area contributed by atoms with Crippen molar-refractivity contribution in [2.75, 3.05) is 13.1 Å². The number of piperidine rings is 1. The second-order valence-electron chi connectivity index (χ2n) is 4.66. The second-order valence-corrected chi connectivity index (χ2v) is 4.66. The van der Waals surface area contributed by atoms with E-state index in [0.717, 1.165) is 0 Å². The molecule has 0 aromatic carbocycles. The third-order valence-electron chi connectivity index (χ3n) is 3.44. The predicted molar refractivity (Wildman–Crippen MR) is 67.3 cm³/mol. The van der Waals surface area contributed by atoms with E-state index in [2.05, 4.69) is 28.9 Å². The quantitative estimate of drug-likeness (QED) is 0.770. The fourth-order valence-electron chi connectivity index (χ4n) is 2.53. The molecule has 0 bridgehead atoms. The Hall–Kier alpha value is -0.890. The van der Waals surface area contributed by atoms with Crippen LogP contribution in [0.1, 0.15) is 50.8 Å². The lowest BCUT2D eigenvalue weighted by molar-refractivity contribution is 0.143. The van der Waals surface area contributed by atoms with Crippen LogP contribution >= 0.6 is 0 Å². The number of unbranched alkanes of at least 4 members (excludes halogenated alkanes) is 1. The first-order chi connectivity index (χ1) is 7.92. The molecule has 16 heavy (non-hydrogen) atoms. The summed E-state index contributed by atoms with van der Waals surface area (Å²) in [6, 6.07) is 6.86. The molecule has 0 aliphatic carbocycles. The van der Waals surface area contributed by atoms with Crippen LogP contribution in [0, 0.1) is 0 Å². The lowest BCUT2D eigenvalue weighted by Crippen LogP contribution is -2.34. The van der Waals surface area contributed by atoms with Crippen LogP contribution in [0.4, 0.5) is 0 Å². The number of aromatic nitrogens is 1. The van der Waals surface area contributed by atoms with Crippen LogP contribution < -0.4 is 0 Å². The molecule has 1 aromatic heterocycles. The Kier molecular flexibility index (Phi) is 4.34. The minimum atomic E-state index is 0.571. The van der Waals surface area contributed by atoms with Crippen LogP contribution in [0.25, 0.3) is 0 Å². The molecular formula is C14H22N2. The lowest BCUT2D eigenvalue weighted by atomic mass is 9.98. The van der Waals surface area contributed by atoms with Crippen molar-refractivity contribution in [3.63, 3.8) is 0 Å². The van der Waals surface area contributed by atoms with Crippen LogP contribution in [0.3, 0.4) is 0 Å². The molecule has 0 spiro atoms. The van der Waals surface area contributed by atoms with Gasteiger partial charge in [0.2, 0.25) is 0 Å². The van der Waals surface area contributed by atoms with Gasteiger partial charge in [-0.15, -0.1) is 0 Å². The highest BCUT2D eigenvalue weighted by Crippen LogP contribution is 2.29. The molecule has 0 radical (unpaired) electrons. The average Bonchev–Trinajstić information content (AvgIpc) is 2.38. The van der Waals surface area contributed by atoms with Crippen molar-refractivity contribution in [1.29, 1.82) is 0 Å². The number of rotatable bonds is 4. The average molecular weight is 218 g/mol. The molecule has 1 unspecified atom stereocenters. The highest BCUT2D eigenvalue weighted by atomic mass is 15.2. The van der Waals surface area contributed by atoms with Gasteiger partial charge in [0.05, 0.1) is 11.7 Å². The third-order valence-corrected chi connectivity index (χ3v) is 3.44. The Labute approximate surface area is 98.7 Å². The first-order valence-electron chi connectivity index (χ1n) is 6.57. The summed E-state index contributed by atoms with van der Waals surface area (Å²) in [5.74, 6) is 0. The molecule has 2 rings (SSSR count). The van der Waals surface area contributed by atoms with Crippen LogP contribution in [-0.4, -0.2) is 23.0 Å². The van der Waals surface area contributed by atoms with E-state index in [9.17, 15) is 0 Å². The highest BCUT2D eigenvalue weighted by Gasteiger charge is 2.23. The summed E-state index contributed by atoms with van der Waals surface area (Å²) < 4.78 is 0. The first-order valence-corrected chi connectivity index (χ1v) is 6.57. The monoisotopic (exact) mass is 218 g/mol. The van der Waals surface area contributed by atoms with E-state index >= 15 is 0 Å². The van der Waals surface area contributed by atoms with Gasteiger partial charge in [-0.25, -0.2) is 0 Å². The summed E-state index contributed by atoms with van der Waals surface area (Å²) in [6.07, 6.45) is 8.49. The largest absolute Gasteiger partial charge is 0.295 e. The topological polar surface area (TPSA) is 16.1 Å². The van der Waals surface area contributed by atoms with Crippen molar-refractivity contribution in [1.82, 2.24) is 9.88 Å². The molecule has 0 saturated carbocycles. The molecule has 1 aromatic rings. The van der Waals surface area contributed by atoms with Gasteiger partial charge in [-0.05, 0) is 44.5 Å². The summed E-state index contributed by atoms with van der Waals surface area (Å²) >= 11 is 0. The van der Waals surface area contributed by atoms with Crippen LogP contribution in [-0.2, 0) is 0 Å². The third kappa shape index (κ3) is 2.82. The Bertz CT molecular complexity index is 297. The van der Waals surface area contributed by atoms with Gasteiger partial charge in [0.15, 0.2) is 0 Å². The van der Waals surface area contributed by atoms with Crippen molar-refractivity contribution in [3.8, 4) is 0 Å². The fraction of sp³-hybridized carbons (Fsp3) is 0.643. The van der Waals surface area contributed by atoms with Crippen LogP contribution in [0.5, 0.6) is 0 Å². The van der Waals surface area contributed by atoms with Gasteiger partial charge in [0, 0.05) is 6.20 Å². The summed E-state index contributed by atoms with van der Waals surface area (Å²) in [6.45, 7) is 4.75. The first kappa shape index (κ1) is 11.6. The molecule has 0 amide bonds. The van der Waals surface area contributed by atoms with Gasteiger partial charge in [-0.1, -0.05) is 25.8 Å². The fourth-order valence-corrected chi connectivity index (χ4v) is 2.53. The molecule has 2 nitrogen and oxygen atoms in total. The molecular weight excluding hydrogens is 196 g/mol. The van der Waals surface area contributed by atoms with E-state index in [4.69, 9.17) is 0 Å². The Morgan fingerprint density at radius 3 is 3.06 bits per heavy atom. The maximum atomic E-state index is 4.52. The van der Waals surface area contributed by atoms with Gasteiger partial charge < -0.3 is 0 Å². The summed E-state index contributed by atoms with van der Waals surface area (Å²) in [4.78, 5) is 7.14. The standard InChI is InChI=1S/C14H22N2/c1-2-3-11-16-12-7-5-9-14(16)13-8-4-6-10-15-13/h4,6,8,10,14H,2-3,5,7,9,11-12H2,1H3. The molecule has 1 aliphatic heterocycles. The van der Waals surface area contributed by atoms with E-state index in [0.29, 0.717) is 6.04 Å². The maximum Gasteiger partial charge on any atom is 0.0575 e. The van der Waals surface area contributed by atoms with Gasteiger partial charge in [-0.3, -0.25) is 9.88 Å². The van der Waals surface area contributed by atoms with E-state index in [1.54, 1.807) is 0 Å². The zero-order chi connectivity index (χ0) is 11.2. The van der Waals surface area contributed by atoms with Crippen molar-refractivity contribution in [2.24, 2.45) is 0 Å². The molecule has 2 heteroatoms. The molecule has 1 atom stereocenters. The minimum Gasteiger partial charge on any atom is -0.295 e. The Balaban J connectivity index is 2.04. The second kappa shape index (κ2) is 6.00. The summed E-state index contributed by atoms with van der Waals surface area (Å²) in [7, 11) is 0. The van der Waals surface area contributed by atoms with Gasteiger partial charge >= 0.3 is 0 Å². The molecule has 1 aliphatic rings. The molecule has 0 N–H and O–H groups in total. The summed E-state index contributed by atoms with van der Waals surface area (Å²) in [5.41, 5.74) is 1.26. The minimum absolute atomic E-state index is 0.571. The Morgan fingerprint density at radius 1 is 1.38 bits per heavy atom. The molecule has 2 heterocycles. The normalized spacial score (nSPS) is 22.2. The SMILES string of the molecule is CCCCN1CCCCC1c1ccccn1. The van der Waals surface area contributed by atoms with E-state index in [1.165, 1.54) is 50.9 Å². The number of hydrogen-bond acceptors (Lipinski definition) is 2. The van der Waals surface area contributed by atoms with Crippen molar-refractivity contribution in [2.45, 2.75) is 45.1 Å². The van der Waals surface area contributed by atoms with Crippen LogP contribution in [0.2, 0.25) is 0 Å². The maximum absolute atomic E-state index is 4.52. The smallest absolute Gasteiger partial charge is 0.0575 e. The highest BCUT2D eigenvalue weighted by molar-refractivity contribution is 5.09. The molecule has 1 saturated heterocycles. The zero-order valence-electron chi connectivity index (χ0n) is 10.2. The molecule has 88 valence electrons. The molecule has 1 fully saturated rings. The number of likely N-dealkylation sites (tertiary alicyclic amines) is 1. The van der Waals surface area contributed by atoms with Crippen molar-refractivity contribution >= 4 is 0 Å². The summed E-state index contributed by atoms with van der Waals surface area (Å²) in [5, 5.41) is 0. The van der Waals surface area contributed by atoms with E-state index < -0.39 is 0 Å². The van der Waals surface area contributed by atoms with Crippen molar-refractivity contribution < 1.29 is 0 Å². The van der Waals surface area contributed by atoms with E-state index in [1.807, 2.05) is 12.3 Å². The number of nitrogens with zero attached hydrogens (tertiary/aromatic N) is 2. The number of hydrogen-bond donors (Lipinski definition) is 0. The van der Waals surface area contributed by atoms with E-state index in [-0.39, 0.29) is 0 Å². The predicted octanol–water partition coefficient (Wildman–Crippen LogP) is 3.41. The van der Waals surface area contributed by atoms with Crippen molar-refractivity contribution in [3.05, 3.63) is 30.1 Å². The lowest BCUT2D eigenvalue weighted by Gasteiger charge is -2.35.